The van der Waals surface area contributed by atoms with Crippen LogP contribution in [0, 0.1) is 23.2 Å². The number of halogens is 1. The van der Waals surface area contributed by atoms with E-state index >= 15 is 0 Å². The molecule has 1 amide bonds. The van der Waals surface area contributed by atoms with Gasteiger partial charge in [-0.25, -0.2) is 0 Å². The molecule has 5 fully saturated rings. The normalized spacial score (nSPS) is 38.8. The quantitative estimate of drug-likeness (QED) is 0.844. The highest BCUT2D eigenvalue weighted by Gasteiger charge is 2.60. The molecular weight excluding hydrogens is 350 g/mol. The van der Waals surface area contributed by atoms with Crippen molar-refractivity contribution >= 4 is 23.5 Å². The summed E-state index contributed by atoms with van der Waals surface area (Å²) in [4.78, 5) is 25.0. The van der Waals surface area contributed by atoms with Crippen LogP contribution in [0.2, 0.25) is 5.02 Å². The second-order valence-corrected chi connectivity index (χ2v) is 9.58. The molecule has 5 aliphatic rings. The summed E-state index contributed by atoms with van der Waals surface area (Å²) >= 11 is 5.99. The molecule has 0 aliphatic heterocycles. The fraction of sp³-hybridized carbons (Fsp3) is 0.619. The Hall–Kier alpha value is -1.55. The van der Waals surface area contributed by atoms with Gasteiger partial charge in [0.15, 0.2) is 0 Å². The Balaban J connectivity index is 1.35. The Bertz CT molecular complexity index is 754. The van der Waals surface area contributed by atoms with Crippen LogP contribution in [0.1, 0.15) is 50.5 Å². The first kappa shape index (κ1) is 16.6. The molecule has 5 saturated carbocycles. The van der Waals surface area contributed by atoms with Gasteiger partial charge in [0.2, 0.25) is 5.91 Å². The van der Waals surface area contributed by atoms with E-state index in [1.807, 2.05) is 24.3 Å². The largest absolute Gasteiger partial charge is 0.481 e. The van der Waals surface area contributed by atoms with Crippen LogP contribution >= 0.6 is 11.6 Å². The lowest BCUT2D eigenvalue weighted by molar-refractivity contribution is -0.167. The highest BCUT2D eigenvalue weighted by atomic mass is 35.5. The van der Waals surface area contributed by atoms with E-state index in [1.54, 1.807) is 0 Å². The van der Waals surface area contributed by atoms with Gasteiger partial charge < -0.3 is 10.4 Å². The number of carbonyl (C=O) groups is 2. The van der Waals surface area contributed by atoms with Crippen LogP contribution in [-0.2, 0) is 15.0 Å². The molecule has 26 heavy (non-hydrogen) atoms. The molecule has 0 aromatic heterocycles. The molecule has 0 saturated heterocycles. The highest BCUT2D eigenvalue weighted by Crippen LogP contribution is 2.60. The van der Waals surface area contributed by atoms with Gasteiger partial charge in [-0.2, -0.15) is 0 Å². The first-order chi connectivity index (χ1) is 12.4. The SMILES string of the molecule is O=C(O)C12CC3CC(C1)C(NC(=O)C1(c4ccc(Cl)cc4)CC1)C(C3)C2. The lowest BCUT2D eigenvalue weighted by Gasteiger charge is -2.58. The number of hydrogen-bond acceptors (Lipinski definition) is 2. The fourth-order valence-corrected chi connectivity index (χ4v) is 6.48. The van der Waals surface area contributed by atoms with Crippen molar-refractivity contribution in [3.8, 4) is 0 Å². The van der Waals surface area contributed by atoms with Gasteiger partial charge in [0, 0.05) is 11.1 Å². The average molecular weight is 374 g/mol. The number of amides is 1. The predicted molar refractivity (Wildman–Crippen MR) is 97.9 cm³/mol. The zero-order chi connectivity index (χ0) is 18.1. The summed E-state index contributed by atoms with van der Waals surface area (Å²) in [6.45, 7) is 0. The van der Waals surface area contributed by atoms with E-state index < -0.39 is 16.8 Å². The van der Waals surface area contributed by atoms with Crippen molar-refractivity contribution in [2.75, 3.05) is 0 Å². The van der Waals surface area contributed by atoms with Crippen LogP contribution in [0.25, 0.3) is 0 Å². The molecule has 2 N–H and O–H groups in total. The Labute approximate surface area is 158 Å². The Morgan fingerprint density at radius 3 is 2.19 bits per heavy atom. The molecule has 138 valence electrons. The summed E-state index contributed by atoms with van der Waals surface area (Å²) in [6.07, 6.45) is 6.20. The van der Waals surface area contributed by atoms with Crippen LogP contribution < -0.4 is 5.32 Å². The summed E-state index contributed by atoms with van der Waals surface area (Å²) in [6, 6.07) is 7.78. The van der Waals surface area contributed by atoms with Crippen molar-refractivity contribution in [1.29, 1.82) is 0 Å². The Morgan fingerprint density at radius 1 is 1.04 bits per heavy atom. The van der Waals surface area contributed by atoms with E-state index in [1.165, 1.54) is 0 Å². The van der Waals surface area contributed by atoms with Gasteiger partial charge in [0.1, 0.15) is 0 Å². The van der Waals surface area contributed by atoms with Crippen LogP contribution in [0.5, 0.6) is 0 Å². The Kier molecular flexibility index (Phi) is 3.50. The van der Waals surface area contributed by atoms with E-state index in [2.05, 4.69) is 5.32 Å². The molecule has 1 aromatic rings. The fourth-order valence-electron chi connectivity index (χ4n) is 6.35. The van der Waals surface area contributed by atoms with Crippen molar-refractivity contribution in [3.63, 3.8) is 0 Å². The lowest BCUT2D eigenvalue weighted by atomic mass is 9.48. The minimum Gasteiger partial charge on any atom is -0.481 e. The smallest absolute Gasteiger partial charge is 0.309 e. The molecular formula is C21H24ClNO3. The van der Waals surface area contributed by atoms with E-state index in [0.717, 1.165) is 50.5 Å². The molecule has 4 bridgehead atoms. The van der Waals surface area contributed by atoms with Crippen LogP contribution in [0.3, 0.4) is 0 Å². The van der Waals surface area contributed by atoms with E-state index in [4.69, 9.17) is 11.6 Å². The molecule has 6 rings (SSSR count). The van der Waals surface area contributed by atoms with Crippen LogP contribution in [0.15, 0.2) is 24.3 Å². The molecule has 0 radical (unpaired) electrons. The summed E-state index contributed by atoms with van der Waals surface area (Å²) in [7, 11) is 0. The van der Waals surface area contributed by atoms with Crippen molar-refractivity contribution in [1.82, 2.24) is 5.32 Å². The number of carboxylic acid groups (broad SMARTS) is 1. The highest BCUT2D eigenvalue weighted by molar-refractivity contribution is 6.30. The molecule has 0 heterocycles. The van der Waals surface area contributed by atoms with Crippen molar-refractivity contribution in [3.05, 3.63) is 34.9 Å². The average Bonchev–Trinajstić information content (AvgIpc) is 3.40. The standard InChI is InChI=1S/C21H24ClNO3/c22-16-3-1-15(2-4-16)21(5-6-21)18(24)23-17-13-7-12-8-14(17)11-20(9-12,10-13)19(25)26/h1-4,12-14,17H,5-11H2,(H,23,24)(H,25,26). The molecule has 2 atom stereocenters. The third kappa shape index (κ3) is 2.34. The van der Waals surface area contributed by atoms with Gasteiger partial charge >= 0.3 is 5.97 Å². The van der Waals surface area contributed by atoms with Crippen LogP contribution in [0.4, 0.5) is 0 Å². The summed E-state index contributed by atoms with van der Waals surface area (Å²) in [5.74, 6) is 0.677. The van der Waals surface area contributed by atoms with Crippen LogP contribution in [-0.4, -0.2) is 23.0 Å². The molecule has 5 aliphatic carbocycles. The number of aliphatic carboxylic acids is 1. The first-order valence-electron chi connectivity index (χ1n) is 9.72. The van der Waals surface area contributed by atoms with E-state index in [-0.39, 0.29) is 11.9 Å². The minimum atomic E-state index is -0.624. The maximum atomic E-state index is 13.2. The topological polar surface area (TPSA) is 66.4 Å². The number of rotatable bonds is 4. The number of carbonyl (C=O) groups excluding carboxylic acids is 1. The number of carboxylic acids is 1. The molecule has 2 unspecified atom stereocenters. The maximum Gasteiger partial charge on any atom is 0.309 e. The lowest BCUT2D eigenvalue weighted by Crippen LogP contribution is -2.61. The summed E-state index contributed by atoms with van der Waals surface area (Å²) in [5.41, 5.74) is 0.125. The number of nitrogens with one attached hydrogen (secondary N) is 1. The van der Waals surface area contributed by atoms with Crippen molar-refractivity contribution in [2.45, 2.75) is 56.4 Å². The van der Waals surface area contributed by atoms with Crippen molar-refractivity contribution in [2.24, 2.45) is 23.2 Å². The predicted octanol–water partition coefficient (Wildman–Crippen LogP) is 3.77. The minimum absolute atomic E-state index is 0.127. The van der Waals surface area contributed by atoms with Gasteiger partial charge in [0.25, 0.3) is 0 Å². The van der Waals surface area contributed by atoms with Crippen molar-refractivity contribution < 1.29 is 14.7 Å². The third-order valence-corrected chi connectivity index (χ3v) is 7.86. The van der Waals surface area contributed by atoms with Gasteiger partial charge in [-0.3, -0.25) is 9.59 Å². The summed E-state index contributed by atoms with van der Waals surface area (Å²) in [5, 5.41) is 13.8. The maximum absolute atomic E-state index is 13.2. The number of benzene rings is 1. The van der Waals surface area contributed by atoms with Gasteiger partial charge in [0.05, 0.1) is 10.8 Å². The Morgan fingerprint density at radius 2 is 1.65 bits per heavy atom. The zero-order valence-corrected chi connectivity index (χ0v) is 15.5. The summed E-state index contributed by atoms with van der Waals surface area (Å²) < 4.78 is 0. The van der Waals surface area contributed by atoms with E-state index in [0.29, 0.717) is 22.8 Å². The third-order valence-electron chi connectivity index (χ3n) is 7.61. The number of hydrogen-bond donors (Lipinski definition) is 2. The zero-order valence-electron chi connectivity index (χ0n) is 14.7. The van der Waals surface area contributed by atoms with Gasteiger partial charge in [-0.05, 0) is 80.4 Å². The van der Waals surface area contributed by atoms with E-state index in [9.17, 15) is 14.7 Å². The molecule has 5 heteroatoms. The second-order valence-electron chi connectivity index (χ2n) is 9.14. The molecule has 0 spiro atoms. The van der Waals surface area contributed by atoms with Gasteiger partial charge in [-0.1, -0.05) is 23.7 Å². The monoisotopic (exact) mass is 373 g/mol. The van der Waals surface area contributed by atoms with Gasteiger partial charge in [-0.15, -0.1) is 0 Å². The molecule has 1 aromatic carbocycles. The first-order valence-corrected chi connectivity index (χ1v) is 10.1. The second kappa shape index (κ2) is 5.48. The molecule has 4 nitrogen and oxygen atoms in total.